The van der Waals surface area contributed by atoms with Crippen LogP contribution in [0.5, 0.6) is 0 Å². The van der Waals surface area contributed by atoms with E-state index in [4.69, 9.17) is 0 Å². The van der Waals surface area contributed by atoms with E-state index < -0.39 is 22.8 Å². The van der Waals surface area contributed by atoms with Gasteiger partial charge in [-0.3, -0.25) is 9.59 Å². The van der Waals surface area contributed by atoms with E-state index in [1.54, 1.807) is 23.9 Å². The first-order valence-electron chi connectivity index (χ1n) is 8.49. The van der Waals surface area contributed by atoms with Gasteiger partial charge in [0, 0.05) is 43.0 Å². The second-order valence-corrected chi connectivity index (χ2v) is 7.26. The van der Waals surface area contributed by atoms with Gasteiger partial charge in [0.05, 0.1) is 17.8 Å². The maximum atomic E-state index is 14.8. The minimum atomic E-state index is -1.35. The number of fused-ring (bicyclic) bond motifs is 1. The van der Waals surface area contributed by atoms with Crippen LogP contribution in [0.3, 0.4) is 0 Å². The minimum absolute atomic E-state index is 0.00904. The molecular formula is C19H18FN3O4S. The molecule has 0 aliphatic carbocycles. The van der Waals surface area contributed by atoms with E-state index in [-0.39, 0.29) is 16.9 Å². The lowest BCUT2D eigenvalue weighted by Gasteiger charge is -2.12. The summed E-state index contributed by atoms with van der Waals surface area (Å²) in [5, 5.41) is 11.6. The van der Waals surface area contributed by atoms with Crippen molar-refractivity contribution < 1.29 is 19.1 Å². The lowest BCUT2D eigenvalue weighted by atomic mass is 10.1. The highest BCUT2D eigenvalue weighted by Crippen LogP contribution is 2.28. The summed E-state index contributed by atoms with van der Waals surface area (Å²) in [6.07, 6.45) is 1.27. The molecule has 7 nitrogen and oxygen atoms in total. The number of amides is 1. The number of benzene rings is 1. The van der Waals surface area contributed by atoms with E-state index in [2.05, 4.69) is 4.98 Å². The van der Waals surface area contributed by atoms with Gasteiger partial charge in [-0.05, 0) is 19.1 Å². The van der Waals surface area contributed by atoms with Gasteiger partial charge in [0.2, 0.25) is 11.3 Å². The number of hydrogen-bond donors (Lipinski definition) is 1. The summed E-state index contributed by atoms with van der Waals surface area (Å²) in [6, 6.07) is 2.57. The Hall–Kier alpha value is -3.07. The Morgan fingerprint density at radius 1 is 1.36 bits per heavy atom. The number of carboxylic acid groups (broad SMARTS) is 1. The third-order valence-corrected chi connectivity index (χ3v) is 5.31. The monoisotopic (exact) mass is 403 g/mol. The maximum Gasteiger partial charge on any atom is 0.341 e. The van der Waals surface area contributed by atoms with E-state index in [1.807, 2.05) is 0 Å². The molecule has 0 fully saturated rings. The SMILES string of the molecule is CCn1cc(C(=O)O)c(=O)c2cc(F)c(-c3csc(CN(C)C(C)=O)n3)cc21. The molecule has 0 unspecified atom stereocenters. The summed E-state index contributed by atoms with van der Waals surface area (Å²) < 4.78 is 16.4. The number of aromatic carboxylic acids is 1. The molecule has 28 heavy (non-hydrogen) atoms. The molecule has 0 aliphatic heterocycles. The van der Waals surface area contributed by atoms with Crippen molar-refractivity contribution in [2.45, 2.75) is 26.9 Å². The zero-order valence-electron chi connectivity index (χ0n) is 15.5. The summed E-state index contributed by atoms with van der Waals surface area (Å²) in [5.74, 6) is -2.11. The Balaban J connectivity index is 2.14. The van der Waals surface area contributed by atoms with Crippen LogP contribution in [-0.4, -0.2) is 38.5 Å². The van der Waals surface area contributed by atoms with Crippen molar-refractivity contribution in [3.63, 3.8) is 0 Å². The zero-order chi connectivity index (χ0) is 20.6. The fraction of sp³-hybridized carbons (Fsp3) is 0.263. The van der Waals surface area contributed by atoms with Crippen molar-refractivity contribution in [2.24, 2.45) is 0 Å². The number of nitrogens with zero attached hydrogens (tertiary/aromatic N) is 3. The number of rotatable bonds is 5. The second-order valence-electron chi connectivity index (χ2n) is 6.31. The van der Waals surface area contributed by atoms with E-state index >= 15 is 0 Å². The molecular weight excluding hydrogens is 385 g/mol. The number of carbonyl (C=O) groups is 2. The van der Waals surface area contributed by atoms with Crippen LogP contribution in [0.1, 0.15) is 29.2 Å². The molecule has 2 heterocycles. The van der Waals surface area contributed by atoms with Crippen LogP contribution in [0.2, 0.25) is 0 Å². The summed E-state index contributed by atoms with van der Waals surface area (Å²) >= 11 is 1.31. The Kier molecular flexibility index (Phi) is 5.28. The number of carbonyl (C=O) groups excluding carboxylic acids is 1. The van der Waals surface area contributed by atoms with Gasteiger partial charge in [0.1, 0.15) is 16.4 Å². The van der Waals surface area contributed by atoms with E-state index in [0.717, 1.165) is 6.07 Å². The highest BCUT2D eigenvalue weighted by atomic mass is 32.1. The molecule has 0 saturated heterocycles. The van der Waals surface area contributed by atoms with Crippen molar-refractivity contribution in [1.82, 2.24) is 14.5 Å². The number of pyridine rings is 1. The van der Waals surface area contributed by atoms with E-state index in [9.17, 15) is 23.9 Å². The number of carboxylic acids is 1. The van der Waals surface area contributed by atoms with Gasteiger partial charge in [-0.15, -0.1) is 11.3 Å². The third kappa shape index (κ3) is 3.53. The molecule has 0 aliphatic rings. The van der Waals surface area contributed by atoms with Crippen molar-refractivity contribution >= 4 is 34.1 Å². The highest BCUT2D eigenvalue weighted by molar-refractivity contribution is 7.09. The van der Waals surface area contributed by atoms with Gasteiger partial charge in [-0.25, -0.2) is 14.2 Å². The van der Waals surface area contributed by atoms with Crippen LogP contribution < -0.4 is 5.43 Å². The van der Waals surface area contributed by atoms with Crippen LogP contribution >= 0.6 is 11.3 Å². The molecule has 146 valence electrons. The van der Waals surface area contributed by atoms with Gasteiger partial charge < -0.3 is 14.6 Å². The molecule has 1 amide bonds. The smallest absolute Gasteiger partial charge is 0.341 e. The number of aryl methyl sites for hydroxylation is 1. The molecule has 2 aromatic heterocycles. The Morgan fingerprint density at radius 2 is 2.07 bits per heavy atom. The third-order valence-electron chi connectivity index (χ3n) is 4.48. The first-order chi connectivity index (χ1) is 13.2. The summed E-state index contributed by atoms with van der Waals surface area (Å²) in [6.45, 7) is 3.98. The predicted molar refractivity (Wildman–Crippen MR) is 104 cm³/mol. The fourth-order valence-electron chi connectivity index (χ4n) is 2.84. The van der Waals surface area contributed by atoms with Crippen molar-refractivity contribution in [3.05, 3.63) is 50.3 Å². The van der Waals surface area contributed by atoms with Crippen molar-refractivity contribution in [2.75, 3.05) is 7.05 Å². The van der Waals surface area contributed by atoms with Crippen LogP contribution in [0.15, 0.2) is 28.5 Å². The molecule has 0 bridgehead atoms. The Morgan fingerprint density at radius 3 is 2.68 bits per heavy atom. The molecule has 1 N–H and O–H groups in total. The summed E-state index contributed by atoms with van der Waals surface area (Å²) in [4.78, 5) is 41.0. The summed E-state index contributed by atoms with van der Waals surface area (Å²) in [5.41, 5.74) is -0.0763. The maximum absolute atomic E-state index is 14.8. The van der Waals surface area contributed by atoms with Crippen LogP contribution in [-0.2, 0) is 17.9 Å². The van der Waals surface area contributed by atoms with Crippen LogP contribution in [0.25, 0.3) is 22.2 Å². The molecule has 0 spiro atoms. The zero-order valence-corrected chi connectivity index (χ0v) is 16.3. The topological polar surface area (TPSA) is 92.5 Å². The Bertz CT molecular complexity index is 1150. The normalized spacial score (nSPS) is 11.0. The molecule has 1 aromatic carbocycles. The molecule has 0 radical (unpaired) electrons. The molecule has 9 heteroatoms. The largest absolute Gasteiger partial charge is 0.477 e. The average Bonchev–Trinajstić information content (AvgIpc) is 3.09. The first-order valence-corrected chi connectivity index (χ1v) is 9.37. The van der Waals surface area contributed by atoms with E-state index in [0.29, 0.717) is 29.3 Å². The molecule has 0 saturated carbocycles. The number of thiazole rings is 1. The first kappa shape index (κ1) is 19.7. The molecule has 0 atom stereocenters. The Labute approximate surface area is 163 Å². The second kappa shape index (κ2) is 7.51. The predicted octanol–water partition coefficient (Wildman–Crippen LogP) is 2.96. The van der Waals surface area contributed by atoms with Crippen molar-refractivity contribution in [3.8, 4) is 11.3 Å². The lowest BCUT2D eigenvalue weighted by Crippen LogP contribution is -2.22. The fourth-order valence-corrected chi connectivity index (χ4v) is 3.69. The average molecular weight is 403 g/mol. The van der Waals surface area contributed by atoms with E-state index in [1.165, 1.54) is 35.4 Å². The van der Waals surface area contributed by atoms with Gasteiger partial charge in [0.15, 0.2) is 0 Å². The molecule has 3 rings (SSSR count). The minimum Gasteiger partial charge on any atom is -0.477 e. The van der Waals surface area contributed by atoms with Crippen LogP contribution in [0.4, 0.5) is 4.39 Å². The number of hydrogen-bond acceptors (Lipinski definition) is 5. The standard InChI is InChI=1S/C19H18FN3O4S/c1-4-23-7-13(19(26)27)18(25)12-5-14(20)11(6-16(12)23)15-9-28-17(21-15)8-22(3)10(2)24/h5-7,9H,4,8H2,1-3H3,(H,26,27). The van der Waals surface area contributed by atoms with Gasteiger partial charge in [-0.2, -0.15) is 0 Å². The van der Waals surface area contributed by atoms with Gasteiger partial charge in [-0.1, -0.05) is 0 Å². The quantitative estimate of drug-likeness (QED) is 0.707. The lowest BCUT2D eigenvalue weighted by molar-refractivity contribution is -0.128. The van der Waals surface area contributed by atoms with Gasteiger partial charge >= 0.3 is 5.97 Å². The number of halogens is 1. The van der Waals surface area contributed by atoms with Crippen molar-refractivity contribution in [1.29, 1.82) is 0 Å². The number of aromatic nitrogens is 2. The molecule has 3 aromatic rings. The summed E-state index contributed by atoms with van der Waals surface area (Å²) in [7, 11) is 1.65. The van der Waals surface area contributed by atoms with Gasteiger partial charge in [0.25, 0.3) is 0 Å². The van der Waals surface area contributed by atoms with Crippen LogP contribution in [0, 0.1) is 5.82 Å². The highest BCUT2D eigenvalue weighted by Gasteiger charge is 2.18.